The molecule has 32 heavy (non-hydrogen) atoms. The maximum absolute atomic E-state index is 12.9. The first-order valence-corrected chi connectivity index (χ1v) is 9.14. The average Bonchev–Trinajstić information content (AvgIpc) is 3.05. The lowest BCUT2D eigenvalue weighted by Gasteiger charge is -2.25. The van der Waals surface area contributed by atoms with Gasteiger partial charge in [-0.1, -0.05) is 6.07 Å². The quantitative estimate of drug-likeness (QED) is 0.522. The van der Waals surface area contributed by atoms with Crippen molar-refractivity contribution in [1.29, 1.82) is 0 Å². The van der Waals surface area contributed by atoms with Crippen molar-refractivity contribution in [2.24, 2.45) is 0 Å². The second-order valence-electron chi connectivity index (χ2n) is 6.76. The molecule has 1 atom stereocenters. The highest BCUT2D eigenvalue weighted by molar-refractivity contribution is 5.50. The molecule has 170 valence electrons. The first-order valence-electron chi connectivity index (χ1n) is 9.14. The van der Waals surface area contributed by atoms with Crippen molar-refractivity contribution in [3.63, 3.8) is 0 Å². The lowest BCUT2D eigenvalue weighted by molar-refractivity contribution is -0.138. The minimum atomic E-state index is -4.76. The van der Waals surface area contributed by atoms with Crippen LogP contribution in [0, 0.1) is 0 Å². The maximum Gasteiger partial charge on any atom is 0.419 e. The van der Waals surface area contributed by atoms with Gasteiger partial charge in [0.1, 0.15) is 11.5 Å². The number of benzene rings is 2. The lowest BCUT2D eigenvalue weighted by atomic mass is 9.91. The summed E-state index contributed by atoms with van der Waals surface area (Å²) in [5, 5.41) is 9.87. The van der Waals surface area contributed by atoms with Gasteiger partial charge in [0.05, 0.1) is 18.1 Å². The molecule has 4 rings (SSSR count). The van der Waals surface area contributed by atoms with Crippen LogP contribution in [0.4, 0.5) is 22.0 Å². The predicted octanol–water partition coefficient (Wildman–Crippen LogP) is 5.00. The van der Waals surface area contributed by atoms with E-state index in [1.54, 1.807) is 6.07 Å². The van der Waals surface area contributed by atoms with Crippen molar-refractivity contribution in [2.75, 3.05) is 6.61 Å². The Kier molecular flexibility index (Phi) is 5.45. The number of oxazole rings is 1. The van der Waals surface area contributed by atoms with Crippen molar-refractivity contribution in [3.05, 3.63) is 63.8 Å². The normalized spacial score (nSPS) is 15.9. The summed E-state index contributed by atoms with van der Waals surface area (Å²) in [6.07, 6.45) is -4.36. The molecule has 0 fully saturated rings. The Labute approximate surface area is 176 Å². The highest BCUT2D eigenvalue weighted by atomic mass is 19.4. The van der Waals surface area contributed by atoms with Gasteiger partial charge < -0.3 is 23.7 Å². The molecule has 2 heterocycles. The molecule has 0 bridgehead atoms. The van der Waals surface area contributed by atoms with E-state index in [1.165, 1.54) is 12.1 Å². The number of hydrogen-bond donors (Lipinski definition) is 2. The van der Waals surface area contributed by atoms with Crippen LogP contribution < -0.4 is 20.0 Å². The van der Waals surface area contributed by atoms with Gasteiger partial charge in [-0.05, 0) is 30.7 Å². The largest absolute Gasteiger partial charge is 0.493 e. The third kappa shape index (κ3) is 4.34. The Morgan fingerprint density at radius 2 is 1.91 bits per heavy atom. The fraction of sp³-hybridized carbons (Fsp3) is 0.250. The van der Waals surface area contributed by atoms with Crippen LogP contribution in [-0.2, 0) is 6.18 Å². The zero-order valence-corrected chi connectivity index (χ0v) is 15.9. The maximum atomic E-state index is 12.9. The molecule has 0 aliphatic carbocycles. The van der Waals surface area contributed by atoms with Gasteiger partial charge in [0, 0.05) is 11.6 Å². The van der Waals surface area contributed by atoms with Crippen LogP contribution in [0.2, 0.25) is 0 Å². The number of alkyl halides is 5. The Balaban J connectivity index is 1.65. The van der Waals surface area contributed by atoms with Crippen LogP contribution in [0.15, 0.2) is 45.6 Å². The Bertz CT molecular complexity index is 1190. The Hall–Kier alpha value is -3.70. The summed E-state index contributed by atoms with van der Waals surface area (Å²) < 4.78 is 84.4. The molecule has 0 amide bonds. The molecule has 1 aliphatic heterocycles. The molecular weight excluding hydrogens is 445 g/mol. The van der Waals surface area contributed by atoms with E-state index >= 15 is 0 Å². The Morgan fingerprint density at radius 1 is 1.12 bits per heavy atom. The fourth-order valence-electron chi connectivity index (χ4n) is 3.36. The van der Waals surface area contributed by atoms with Gasteiger partial charge in [-0.15, -0.1) is 0 Å². The highest BCUT2D eigenvalue weighted by Crippen LogP contribution is 2.44. The van der Waals surface area contributed by atoms with Gasteiger partial charge in [0.25, 0.3) is 0 Å². The summed E-state index contributed by atoms with van der Waals surface area (Å²) >= 11 is 0. The number of H-pyrrole nitrogens is 1. The van der Waals surface area contributed by atoms with E-state index in [1.807, 2.05) is 0 Å². The Morgan fingerprint density at radius 3 is 2.56 bits per heavy atom. The number of aromatic hydroxyl groups is 1. The third-order valence-corrected chi connectivity index (χ3v) is 4.71. The van der Waals surface area contributed by atoms with E-state index in [-0.39, 0.29) is 23.9 Å². The standard InChI is InChI=1S/C20H14F5NO6/c21-18(22)31-15-7-9(20(23,24)25)1-4-13(15)30-10-2-3-11-12(5-6-29-14(11)8-10)16-17(27)26-19(28)32-16/h1-4,7-8,12,18,27H,5-6H2,(H,26,28)/t12-/m1/s1. The molecule has 0 spiro atoms. The fourth-order valence-corrected chi connectivity index (χ4v) is 3.36. The molecule has 2 N–H and O–H groups in total. The van der Waals surface area contributed by atoms with Crippen LogP contribution in [0.1, 0.15) is 29.2 Å². The summed E-state index contributed by atoms with van der Waals surface area (Å²) in [6.45, 7) is -3.16. The minimum absolute atomic E-state index is 0.0311. The lowest BCUT2D eigenvalue weighted by Crippen LogP contribution is -2.15. The second kappa shape index (κ2) is 8.09. The minimum Gasteiger partial charge on any atom is -0.493 e. The number of aromatic nitrogens is 1. The number of nitrogens with one attached hydrogen (secondary N) is 1. The number of hydrogen-bond acceptors (Lipinski definition) is 6. The van der Waals surface area contributed by atoms with Crippen molar-refractivity contribution in [1.82, 2.24) is 4.98 Å². The van der Waals surface area contributed by atoms with Gasteiger partial charge in [0.15, 0.2) is 17.3 Å². The first-order chi connectivity index (χ1) is 15.1. The van der Waals surface area contributed by atoms with E-state index in [0.717, 1.165) is 6.07 Å². The van der Waals surface area contributed by atoms with Gasteiger partial charge in [-0.25, -0.2) is 4.79 Å². The molecule has 3 aromatic rings. The summed E-state index contributed by atoms with van der Waals surface area (Å²) in [7, 11) is 0. The molecule has 1 aliphatic rings. The highest BCUT2D eigenvalue weighted by Gasteiger charge is 2.32. The van der Waals surface area contributed by atoms with Crippen LogP contribution in [0.5, 0.6) is 28.9 Å². The number of halogens is 5. The third-order valence-electron chi connectivity index (χ3n) is 4.71. The van der Waals surface area contributed by atoms with Gasteiger partial charge in [-0.3, -0.25) is 4.98 Å². The van der Waals surface area contributed by atoms with Crippen LogP contribution in [0.25, 0.3) is 0 Å². The molecule has 7 nitrogen and oxygen atoms in total. The van der Waals surface area contributed by atoms with E-state index in [0.29, 0.717) is 29.9 Å². The summed E-state index contributed by atoms with van der Waals surface area (Å²) in [6, 6.07) is 6.33. The van der Waals surface area contributed by atoms with E-state index in [9.17, 15) is 31.9 Å². The molecule has 0 radical (unpaired) electrons. The molecule has 0 saturated heterocycles. The van der Waals surface area contributed by atoms with Crippen molar-refractivity contribution >= 4 is 0 Å². The SMILES string of the molecule is O=c1[nH]c(O)c([C@@H]2CCOc3cc(Oc4ccc(C(F)(F)F)cc4OC(F)F)ccc32)o1. The number of rotatable bonds is 5. The molecular formula is C20H14F5NO6. The van der Waals surface area contributed by atoms with Gasteiger partial charge in [-0.2, -0.15) is 22.0 Å². The molecule has 0 unspecified atom stereocenters. The van der Waals surface area contributed by atoms with Crippen LogP contribution in [0.3, 0.4) is 0 Å². The predicted molar refractivity (Wildman–Crippen MR) is 97.5 cm³/mol. The van der Waals surface area contributed by atoms with Gasteiger partial charge >= 0.3 is 18.5 Å². The monoisotopic (exact) mass is 459 g/mol. The smallest absolute Gasteiger partial charge is 0.419 e. The zero-order valence-electron chi connectivity index (χ0n) is 15.9. The number of aromatic amines is 1. The van der Waals surface area contributed by atoms with E-state index in [4.69, 9.17) is 13.9 Å². The number of fused-ring (bicyclic) bond motifs is 1. The first kappa shape index (κ1) is 21.5. The van der Waals surface area contributed by atoms with E-state index < -0.39 is 41.7 Å². The molecule has 12 heteroatoms. The van der Waals surface area contributed by atoms with Crippen LogP contribution >= 0.6 is 0 Å². The summed E-state index contributed by atoms with van der Waals surface area (Å²) in [4.78, 5) is 13.5. The molecule has 0 saturated carbocycles. The zero-order chi connectivity index (χ0) is 23.0. The molecule has 2 aromatic carbocycles. The number of ether oxygens (including phenoxy) is 3. The van der Waals surface area contributed by atoms with E-state index in [2.05, 4.69) is 9.72 Å². The average molecular weight is 459 g/mol. The topological polar surface area (TPSA) is 93.9 Å². The van der Waals surface area contributed by atoms with Crippen molar-refractivity contribution in [3.8, 4) is 28.9 Å². The summed E-state index contributed by atoms with van der Waals surface area (Å²) in [5.41, 5.74) is -0.622. The van der Waals surface area contributed by atoms with Crippen LogP contribution in [-0.4, -0.2) is 23.3 Å². The van der Waals surface area contributed by atoms with Gasteiger partial charge in [0.2, 0.25) is 5.88 Å². The van der Waals surface area contributed by atoms with Crippen molar-refractivity contribution < 1.29 is 45.7 Å². The second-order valence-corrected chi connectivity index (χ2v) is 6.76. The molecule has 1 aromatic heterocycles. The van der Waals surface area contributed by atoms with Crippen molar-refractivity contribution in [2.45, 2.75) is 25.1 Å². The summed E-state index contributed by atoms with van der Waals surface area (Å²) in [5.74, 6) is -2.48.